The van der Waals surface area contributed by atoms with E-state index < -0.39 is 16.4 Å². The average Bonchev–Trinajstić information content (AvgIpc) is 2.73. The minimum Gasteiger partial charge on any atom is -0.487 e. The van der Waals surface area contributed by atoms with Gasteiger partial charge < -0.3 is 10.1 Å². The third kappa shape index (κ3) is 4.51. The van der Waals surface area contributed by atoms with Gasteiger partial charge in [-0.05, 0) is 35.9 Å². The number of nitrogens with zero attached hydrogens (tertiary/aromatic N) is 3. The van der Waals surface area contributed by atoms with Crippen LogP contribution in [0.4, 0.5) is 26.0 Å². The molecule has 0 radical (unpaired) electrons. The van der Waals surface area contributed by atoms with Crippen LogP contribution in [0.1, 0.15) is 5.56 Å². The summed E-state index contributed by atoms with van der Waals surface area (Å²) >= 11 is 6.29. The summed E-state index contributed by atoms with van der Waals surface area (Å²) in [5, 5.41) is 14.6. The number of halogens is 3. The Morgan fingerprint density at radius 2 is 1.94 bits per heavy atom. The number of aromatic nitrogens is 2. The molecule has 10 heteroatoms. The van der Waals surface area contributed by atoms with Crippen molar-refractivity contribution in [1.82, 2.24) is 9.97 Å². The van der Waals surface area contributed by atoms with Crippen LogP contribution in [0.15, 0.2) is 60.9 Å². The molecule has 4 rings (SSSR count). The van der Waals surface area contributed by atoms with E-state index in [1.165, 1.54) is 18.5 Å². The predicted molar refractivity (Wildman–Crippen MR) is 112 cm³/mol. The maximum atomic E-state index is 13.9. The van der Waals surface area contributed by atoms with E-state index in [9.17, 15) is 18.9 Å². The highest BCUT2D eigenvalue weighted by Crippen LogP contribution is 2.32. The first-order chi connectivity index (χ1) is 14.9. The van der Waals surface area contributed by atoms with Gasteiger partial charge in [-0.15, -0.1) is 0 Å². The number of rotatable bonds is 6. The van der Waals surface area contributed by atoms with Gasteiger partial charge in [-0.1, -0.05) is 23.7 Å². The van der Waals surface area contributed by atoms with E-state index in [-0.39, 0.29) is 34.2 Å². The maximum absolute atomic E-state index is 13.9. The smallest absolute Gasteiger partial charge is 0.305 e. The predicted octanol–water partition coefficient (Wildman–Crippen LogP) is 5.79. The van der Waals surface area contributed by atoms with E-state index in [4.69, 9.17) is 16.3 Å². The zero-order valence-corrected chi connectivity index (χ0v) is 16.4. The number of hydrogen-bond donors (Lipinski definition) is 1. The second-order valence-electron chi connectivity index (χ2n) is 6.49. The van der Waals surface area contributed by atoms with Crippen molar-refractivity contribution in [3.05, 3.63) is 93.3 Å². The summed E-state index contributed by atoms with van der Waals surface area (Å²) in [4.78, 5) is 18.3. The van der Waals surface area contributed by atoms with Crippen molar-refractivity contribution in [1.29, 1.82) is 0 Å². The molecule has 0 amide bonds. The Bertz CT molecular complexity index is 1300. The molecule has 1 N–H and O–H groups in total. The third-order valence-corrected chi connectivity index (χ3v) is 4.67. The van der Waals surface area contributed by atoms with Crippen LogP contribution in [0.25, 0.3) is 10.9 Å². The Morgan fingerprint density at radius 3 is 2.68 bits per heavy atom. The van der Waals surface area contributed by atoms with Crippen molar-refractivity contribution in [2.75, 3.05) is 5.32 Å². The molecular weight excluding hydrogens is 430 g/mol. The van der Waals surface area contributed by atoms with Crippen LogP contribution in [-0.4, -0.2) is 14.9 Å². The molecule has 0 spiro atoms. The van der Waals surface area contributed by atoms with Gasteiger partial charge in [0, 0.05) is 17.8 Å². The number of fused-ring (bicyclic) bond motifs is 1. The highest BCUT2D eigenvalue weighted by atomic mass is 35.5. The van der Waals surface area contributed by atoms with Crippen molar-refractivity contribution in [2.24, 2.45) is 0 Å². The molecule has 4 aromatic rings. The molecule has 1 heterocycles. The van der Waals surface area contributed by atoms with E-state index in [2.05, 4.69) is 15.3 Å². The molecule has 0 unspecified atom stereocenters. The van der Waals surface area contributed by atoms with Gasteiger partial charge in [0.15, 0.2) is 0 Å². The Kier molecular flexibility index (Phi) is 5.59. The number of nitrogens with one attached hydrogen (secondary N) is 1. The number of anilines is 2. The van der Waals surface area contributed by atoms with Gasteiger partial charge in [0.25, 0.3) is 0 Å². The lowest BCUT2D eigenvalue weighted by atomic mass is 10.2. The monoisotopic (exact) mass is 442 g/mol. The van der Waals surface area contributed by atoms with Gasteiger partial charge in [-0.3, -0.25) is 10.1 Å². The standard InChI is InChI=1S/C21H13ClF2N4O3/c22-16-7-14(4-5-20(16)31-10-12-2-1-3-13(23)6-12)27-21-15-8-19(28(29)30)17(24)9-18(15)25-11-26-21/h1-9,11H,10H2,(H,25,26,27). The molecule has 0 aliphatic heterocycles. The molecule has 156 valence electrons. The van der Waals surface area contributed by atoms with Crippen molar-refractivity contribution in [3.63, 3.8) is 0 Å². The third-order valence-electron chi connectivity index (χ3n) is 4.38. The molecule has 0 fully saturated rings. The second-order valence-corrected chi connectivity index (χ2v) is 6.90. The lowest BCUT2D eigenvalue weighted by Gasteiger charge is -2.12. The Hall–Kier alpha value is -3.85. The van der Waals surface area contributed by atoms with E-state index in [0.29, 0.717) is 17.0 Å². The fourth-order valence-corrected chi connectivity index (χ4v) is 3.16. The van der Waals surface area contributed by atoms with Gasteiger partial charge in [-0.2, -0.15) is 4.39 Å². The number of ether oxygens (including phenoxy) is 1. The van der Waals surface area contributed by atoms with Gasteiger partial charge in [-0.25, -0.2) is 14.4 Å². The highest BCUT2D eigenvalue weighted by Gasteiger charge is 2.18. The SMILES string of the molecule is O=[N+]([O-])c1cc2c(Nc3ccc(OCc4cccc(F)c4)c(Cl)c3)ncnc2cc1F. The molecule has 0 bridgehead atoms. The minimum atomic E-state index is -0.981. The van der Waals surface area contributed by atoms with E-state index in [1.54, 1.807) is 30.3 Å². The maximum Gasteiger partial charge on any atom is 0.305 e. The number of nitro groups is 1. The van der Waals surface area contributed by atoms with E-state index in [0.717, 1.165) is 12.1 Å². The fourth-order valence-electron chi connectivity index (χ4n) is 2.93. The molecule has 31 heavy (non-hydrogen) atoms. The summed E-state index contributed by atoms with van der Waals surface area (Å²) < 4.78 is 32.8. The number of benzene rings is 3. The number of nitro benzene ring substituents is 1. The van der Waals surface area contributed by atoms with E-state index >= 15 is 0 Å². The lowest BCUT2D eigenvalue weighted by molar-refractivity contribution is -0.387. The molecule has 7 nitrogen and oxygen atoms in total. The zero-order valence-electron chi connectivity index (χ0n) is 15.7. The quantitative estimate of drug-likeness (QED) is 0.300. The fraction of sp³-hybridized carbons (Fsp3) is 0.0476. The first-order valence-electron chi connectivity index (χ1n) is 8.93. The first kappa shape index (κ1) is 20.4. The topological polar surface area (TPSA) is 90.2 Å². The minimum absolute atomic E-state index is 0.135. The van der Waals surface area contributed by atoms with Gasteiger partial charge in [0.2, 0.25) is 5.82 Å². The first-order valence-corrected chi connectivity index (χ1v) is 9.31. The van der Waals surface area contributed by atoms with Crippen LogP contribution in [0.2, 0.25) is 5.02 Å². The molecular formula is C21H13ClF2N4O3. The summed E-state index contributed by atoms with van der Waals surface area (Å²) in [6.07, 6.45) is 1.22. The largest absolute Gasteiger partial charge is 0.487 e. The summed E-state index contributed by atoms with van der Waals surface area (Å²) in [7, 11) is 0. The Morgan fingerprint density at radius 1 is 1.10 bits per heavy atom. The molecule has 3 aromatic carbocycles. The summed E-state index contributed by atoms with van der Waals surface area (Å²) in [5.41, 5.74) is 0.709. The molecule has 0 saturated heterocycles. The molecule has 0 aliphatic carbocycles. The normalized spacial score (nSPS) is 10.8. The van der Waals surface area contributed by atoms with Gasteiger partial charge in [0.1, 0.15) is 30.3 Å². The van der Waals surface area contributed by atoms with Crippen molar-refractivity contribution < 1.29 is 18.4 Å². The van der Waals surface area contributed by atoms with Crippen LogP contribution >= 0.6 is 11.6 Å². The van der Waals surface area contributed by atoms with Crippen molar-refractivity contribution in [3.8, 4) is 5.75 Å². The van der Waals surface area contributed by atoms with Crippen LogP contribution in [-0.2, 0) is 6.61 Å². The Labute approximate surface area is 179 Å². The Balaban J connectivity index is 1.57. The van der Waals surface area contributed by atoms with Gasteiger partial charge in [0.05, 0.1) is 20.8 Å². The second kappa shape index (κ2) is 8.49. The van der Waals surface area contributed by atoms with Crippen LogP contribution in [0.3, 0.4) is 0 Å². The summed E-state index contributed by atoms with van der Waals surface area (Å²) in [6.45, 7) is 0.135. The highest BCUT2D eigenvalue weighted by molar-refractivity contribution is 6.32. The summed E-state index contributed by atoms with van der Waals surface area (Å²) in [6, 6.07) is 13.0. The van der Waals surface area contributed by atoms with Crippen LogP contribution in [0.5, 0.6) is 5.75 Å². The van der Waals surface area contributed by atoms with Crippen molar-refractivity contribution >= 4 is 39.7 Å². The van der Waals surface area contributed by atoms with E-state index in [1.807, 2.05) is 0 Å². The van der Waals surface area contributed by atoms with Crippen LogP contribution < -0.4 is 10.1 Å². The lowest BCUT2D eigenvalue weighted by Crippen LogP contribution is -2.00. The van der Waals surface area contributed by atoms with Gasteiger partial charge >= 0.3 is 5.69 Å². The number of hydrogen-bond acceptors (Lipinski definition) is 6. The van der Waals surface area contributed by atoms with Crippen LogP contribution in [0, 0.1) is 21.7 Å². The van der Waals surface area contributed by atoms with Crippen molar-refractivity contribution in [2.45, 2.75) is 6.61 Å². The molecule has 0 saturated carbocycles. The molecule has 0 aliphatic rings. The zero-order chi connectivity index (χ0) is 22.0. The summed E-state index contributed by atoms with van der Waals surface area (Å²) in [5.74, 6) is -0.701. The molecule has 0 atom stereocenters. The molecule has 1 aromatic heterocycles. The average molecular weight is 443 g/mol.